The summed E-state index contributed by atoms with van der Waals surface area (Å²) in [5.74, 6) is -0.438. The van der Waals surface area contributed by atoms with Gasteiger partial charge in [-0.3, -0.25) is 5.10 Å². The van der Waals surface area contributed by atoms with Crippen molar-refractivity contribution in [3.8, 4) is 0 Å². The number of H-pyrrole nitrogens is 1. The van der Waals surface area contributed by atoms with E-state index < -0.39 is 5.97 Å². The first-order valence-corrected chi connectivity index (χ1v) is 8.52. The number of halogens is 1. The van der Waals surface area contributed by atoms with Crippen LogP contribution in [0.3, 0.4) is 0 Å². The number of nitrogens with zero attached hydrogens (tertiary/aromatic N) is 1. The quantitative estimate of drug-likeness (QED) is 0.474. The molecule has 2 heterocycles. The molecule has 0 aliphatic carbocycles. The summed E-state index contributed by atoms with van der Waals surface area (Å²) in [5.41, 5.74) is 1.74. The van der Waals surface area contributed by atoms with E-state index in [1.165, 1.54) is 18.4 Å². The van der Waals surface area contributed by atoms with Gasteiger partial charge in [0, 0.05) is 22.0 Å². The van der Waals surface area contributed by atoms with E-state index in [0.29, 0.717) is 21.6 Å². The second-order valence-electron chi connectivity index (χ2n) is 4.84. The van der Waals surface area contributed by atoms with Crippen LogP contribution in [-0.4, -0.2) is 28.4 Å². The molecule has 0 aliphatic heterocycles. The lowest BCUT2D eigenvalue weighted by atomic mass is 10.2. The molecule has 1 aromatic carbocycles. The molecular weight excluding hydrogens is 368 g/mol. The fraction of sp³-hybridized carbons (Fsp3) is 0.133. The highest BCUT2D eigenvalue weighted by Crippen LogP contribution is 2.37. The van der Waals surface area contributed by atoms with Crippen molar-refractivity contribution in [3.05, 3.63) is 46.1 Å². The molecule has 0 spiro atoms. The Bertz CT molecular complexity index is 892. The van der Waals surface area contributed by atoms with E-state index in [1.807, 2.05) is 24.3 Å². The Balaban J connectivity index is 1.73. The molecule has 24 heavy (non-hydrogen) atoms. The molecular formula is C15H13ClN4O2S2. The molecule has 0 fully saturated rings. The number of carbonyl (C=O) groups is 1. The number of hydrogen-bond acceptors (Lipinski definition) is 5. The number of methoxy groups -OCH3 is 1. The van der Waals surface area contributed by atoms with Crippen LogP contribution in [0, 0.1) is 0 Å². The second kappa shape index (κ2) is 7.16. The maximum Gasteiger partial charge on any atom is 0.349 e. The molecule has 0 aliphatic rings. The summed E-state index contributed by atoms with van der Waals surface area (Å²) < 4.78 is 5.62. The van der Waals surface area contributed by atoms with Crippen molar-refractivity contribution in [2.45, 2.75) is 6.54 Å². The van der Waals surface area contributed by atoms with Crippen molar-refractivity contribution >= 4 is 62.0 Å². The Labute approximate surface area is 152 Å². The standard InChI is InChI=1S/C15H13ClN4O2S2/c1-22-14(21)13-12(16)10-3-2-8(6-11(10)24-13)19-15(23)17-7-9-4-5-18-20-9/h2-6H,7H2,1H3,(H,18,20)(H2,17,19,23). The number of thiophene rings is 1. The molecule has 0 saturated heterocycles. The van der Waals surface area contributed by atoms with Gasteiger partial charge in [0.25, 0.3) is 0 Å². The van der Waals surface area contributed by atoms with Gasteiger partial charge in [-0.25, -0.2) is 4.79 Å². The van der Waals surface area contributed by atoms with E-state index in [-0.39, 0.29) is 0 Å². The summed E-state index contributed by atoms with van der Waals surface area (Å²) in [7, 11) is 1.33. The summed E-state index contributed by atoms with van der Waals surface area (Å²) in [4.78, 5) is 12.1. The first-order chi connectivity index (χ1) is 11.6. The number of hydrogen-bond donors (Lipinski definition) is 3. The van der Waals surface area contributed by atoms with Gasteiger partial charge in [-0.1, -0.05) is 11.6 Å². The number of benzene rings is 1. The number of aromatic amines is 1. The number of nitrogens with one attached hydrogen (secondary N) is 3. The fourth-order valence-corrected chi connectivity index (χ4v) is 3.76. The summed E-state index contributed by atoms with van der Waals surface area (Å²) in [5, 5.41) is 14.6. The van der Waals surface area contributed by atoms with Crippen molar-refractivity contribution in [1.82, 2.24) is 15.5 Å². The topological polar surface area (TPSA) is 79.0 Å². The van der Waals surface area contributed by atoms with Gasteiger partial charge < -0.3 is 15.4 Å². The van der Waals surface area contributed by atoms with Crippen LogP contribution in [0.15, 0.2) is 30.5 Å². The number of carbonyl (C=O) groups excluding carboxylic acids is 1. The molecule has 124 valence electrons. The zero-order chi connectivity index (χ0) is 17.1. The van der Waals surface area contributed by atoms with Crippen LogP contribution in [0.4, 0.5) is 5.69 Å². The van der Waals surface area contributed by atoms with Crippen molar-refractivity contribution in [1.29, 1.82) is 0 Å². The van der Waals surface area contributed by atoms with Crippen LogP contribution in [-0.2, 0) is 11.3 Å². The van der Waals surface area contributed by atoms with Crippen LogP contribution < -0.4 is 10.6 Å². The van der Waals surface area contributed by atoms with Gasteiger partial charge in [-0.05, 0) is 36.5 Å². The van der Waals surface area contributed by atoms with E-state index in [9.17, 15) is 4.79 Å². The van der Waals surface area contributed by atoms with Crippen molar-refractivity contribution in [3.63, 3.8) is 0 Å². The molecule has 0 amide bonds. The molecule has 0 saturated carbocycles. The molecule has 3 N–H and O–H groups in total. The third-order valence-electron chi connectivity index (χ3n) is 3.26. The summed E-state index contributed by atoms with van der Waals surface area (Å²) in [6.45, 7) is 0.547. The molecule has 2 aromatic heterocycles. The Morgan fingerprint density at radius 2 is 2.29 bits per heavy atom. The molecule has 3 rings (SSSR count). The van der Waals surface area contributed by atoms with Crippen LogP contribution in [0.2, 0.25) is 5.02 Å². The average Bonchev–Trinajstić information content (AvgIpc) is 3.20. The van der Waals surface area contributed by atoms with E-state index in [4.69, 9.17) is 28.6 Å². The number of fused-ring (bicyclic) bond motifs is 1. The van der Waals surface area contributed by atoms with E-state index >= 15 is 0 Å². The zero-order valence-electron chi connectivity index (χ0n) is 12.6. The lowest BCUT2D eigenvalue weighted by Crippen LogP contribution is -2.27. The van der Waals surface area contributed by atoms with Gasteiger partial charge >= 0.3 is 5.97 Å². The Hall–Kier alpha value is -2.16. The zero-order valence-corrected chi connectivity index (χ0v) is 14.9. The highest BCUT2D eigenvalue weighted by Gasteiger charge is 2.17. The predicted octanol–water partition coefficient (Wildman–Crippen LogP) is 3.55. The monoisotopic (exact) mass is 380 g/mol. The number of rotatable bonds is 4. The van der Waals surface area contributed by atoms with Crippen LogP contribution in [0.25, 0.3) is 10.1 Å². The van der Waals surface area contributed by atoms with E-state index in [1.54, 1.807) is 6.20 Å². The molecule has 0 unspecified atom stereocenters. The summed E-state index contributed by atoms with van der Waals surface area (Å²) in [6, 6.07) is 7.46. The van der Waals surface area contributed by atoms with Crippen LogP contribution >= 0.6 is 35.2 Å². The third-order valence-corrected chi connectivity index (χ3v) is 5.14. The first-order valence-electron chi connectivity index (χ1n) is 6.92. The summed E-state index contributed by atoms with van der Waals surface area (Å²) >= 11 is 12.8. The Kier molecular flexibility index (Phi) is 4.98. The molecule has 6 nitrogen and oxygen atoms in total. The van der Waals surface area contributed by atoms with Crippen LogP contribution in [0.5, 0.6) is 0 Å². The third kappa shape index (κ3) is 3.50. The fourth-order valence-electron chi connectivity index (χ4n) is 2.10. The Morgan fingerprint density at radius 3 is 3.00 bits per heavy atom. The van der Waals surface area contributed by atoms with E-state index in [2.05, 4.69) is 20.8 Å². The van der Waals surface area contributed by atoms with Gasteiger partial charge in [-0.15, -0.1) is 11.3 Å². The number of thiocarbonyl (C=S) groups is 1. The Morgan fingerprint density at radius 1 is 1.46 bits per heavy atom. The molecule has 3 aromatic rings. The maximum absolute atomic E-state index is 11.7. The minimum absolute atomic E-state index is 0.395. The number of anilines is 1. The second-order valence-corrected chi connectivity index (χ2v) is 6.68. The minimum Gasteiger partial charge on any atom is -0.465 e. The van der Waals surface area contributed by atoms with Gasteiger partial charge in [0.2, 0.25) is 0 Å². The highest BCUT2D eigenvalue weighted by molar-refractivity contribution is 7.80. The molecule has 0 radical (unpaired) electrons. The number of aromatic nitrogens is 2. The van der Waals surface area contributed by atoms with Gasteiger partial charge in [0.05, 0.1) is 24.4 Å². The normalized spacial score (nSPS) is 10.6. The lowest BCUT2D eigenvalue weighted by molar-refractivity contribution is 0.0606. The predicted molar refractivity (Wildman–Crippen MR) is 99.8 cm³/mol. The van der Waals surface area contributed by atoms with Gasteiger partial charge in [-0.2, -0.15) is 5.10 Å². The SMILES string of the molecule is COC(=O)c1sc2cc(NC(=S)NCc3ccn[nH]3)ccc2c1Cl. The summed E-state index contributed by atoms with van der Waals surface area (Å²) in [6.07, 6.45) is 1.68. The molecule has 0 atom stereocenters. The van der Waals surface area contributed by atoms with E-state index in [0.717, 1.165) is 21.5 Å². The highest BCUT2D eigenvalue weighted by atomic mass is 35.5. The lowest BCUT2D eigenvalue weighted by Gasteiger charge is -2.09. The average molecular weight is 381 g/mol. The first kappa shape index (κ1) is 16.7. The molecule has 0 bridgehead atoms. The minimum atomic E-state index is -0.438. The van der Waals surface area contributed by atoms with Crippen LogP contribution in [0.1, 0.15) is 15.4 Å². The van der Waals surface area contributed by atoms with Gasteiger partial charge in [0.15, 0.2) is 5.11 Å². The van der Waals surface area contributed by atoms with Crippen molar-refractivity contribution in [2.24, 2.45) is 0 Å². The smallest absolute Gasteiger partial charge is 0.349 e. The maximum atomic E-state index is 11.7. The van der Waals surface area contributed by atoms with Gasteiger partial charge in [0.1, 0.15) is 4.88 Å². The van der Waals surface area contributed by atoms with Crippen molar-refractivity contribution < 1.29 is 9.53 Å². The number of esters is 1. The largest absolute Gasteiger partial charge is 0.465 e. The number of ether oxygens (including phenoxy) is 1. The molecule has 9 heteroatoms. The van der Waals surface area contributed by atoms with Crippen molar-refractivity contribution in [2.75, 3.05) is 12.4 Å².